The molecule has 2 heterocycles. The fraction of sp³-hybridized carbons (Fsp3) is 0.538. The van der Waals surface area contributed by atoms with Gasteiger partial charge in [0.1, 0.15) is 10.7 Å². The molecule has 0 atom stereocenters. The summed E-state index contributed by atoms with van der Waals surface area (Å²) in [5, 5.41) is 2.78. The topological polar surface area (TPSA) is 105 Å². The Morgan fingerprint density at radius 1 is 1.43 bits per heavy atom. The summed E-state index contributed by atoms with van der Waals surface area (Å²) in [5.74, 6) is 0.175. The van der Waals surface area contributed by atoms with E-state index in [0.717, 1.165) is 0 Å². The van der Waals surface area contributed by atoms with Crippen molar-refractivity contribution in [1.82, 2.24) is 14.6 Å². The van der Waals surface area contributed by atoms with Gasteiger partial charge >= 0.3 is 0 Å². The first-order valence-corrected chi connectivity index (χ1v) is 8.38. The number of sulfonamides is 1. The van der Waals surface area contributed by atoms with Gasteiger partial charge in [0.15, 0.2) is 0 Å². The van der Waals surface area contributed by atoms with Crippen LogP contribution >= 0.6 is 0 Å². The van der Waals surface area contributed by atoms with Gasteiger partial charge in [0.05, 0.1) is 0 Å². The lowest BCUT2D eigenvalue weighted by molar-refractivity contribution is -0.126. The van der Waals surface area contributed by atoms with Crippen molar-refractivity contribution in [3.8, 4) is 0 Å². The molecule has 0 bridgehead atoms. The third-order valence-electron chi connectivity index (χ3n) is 3.57. The van der Waals surface area contributed by atoms with Crippen LogP contribution in [0.5, 0.6) is 0 Å². The number of anilines is 1. The molecule has 0 radical (unpaired) electrons. The van der Waals surface area contributed by atoms with E-state index < -0.39 is 10.0 Å². The molecule has 1 aliphatic heterocycles. The SMILES string of the molecule is CCNC(=O)C1CCN(S(=O)(=O)c2ccc(N)nc2)CC1. The van der Waals surface area contributed by atoms with Gasteiger partial charge in [-0.1, -0.05) is 0 Å². The smallest absolute Gasteiger partial charge is 0.244 e. The summed E-state index contributed by atoms with van der Waals surface area (Å²) in [6.07, 6.45) is 2.33. The van der Waals surface area contributed by atoms with Gasteiger partial charge < -0.3 is 11.1 Å². The number of amides is 1. The minimum atomic E-state index is -3.56. The number of carbonyl (C=O) groups is 1. The van der Waals surface area contributed by atoms with Gasteiger partial charge in [-0.05, 0) is 31.9 Å². The summed E-state index contributed by atoms with van der Waals surface area (Å²) in [7, 11) is -3.56. The molecule has 1 aromatic rings. The van der Waals surface area contributed by atoms with E-state index in [1.807, 2.05) is 6.92 Å². The Labute approximate surface area is 124 Å². The van der Waals surface area contributed by atoms with Crippen LogP contribution in [0.1, 0.15) is 19.8 Å². The van der Waals surface area contributed by atoms with E-state index in [1.54, 1.807) is 0 Å². The van der Waals surface area contributed by atoms with Crippen LogP contribution in [0.25, 0.3) is 0 Å². The van der Waals surface area contributed by atoms with Crippen molar-refractivity contribution in [1.29, 1.82) is 0 Å². The van der Waals surface area contributed by atoms with Crippen LogP contribution in [0.2, 0.25) is 0 Å². The van der Waals surface area contributed by atoms with Gasteiger partial charge in [-0.25, -0.2) is 13.4 Å². The minimum Gasteiger partial charge on any atom is -0.384 e. The van der Waals surface area contributed by atoms with E-state index in [1.165, 1.54) is 22.6 Å². The van der Waals surface area contributed by atoms with Gasteiger partial charge in [-0.2, -0.15) is 4.31 Å². The molecule has 3 N–H and O–H groups in total. The number of carbonyl (C=O) groups excluding carboxylic acids is 1. The van der Waals surface area contributed by atoms with E-state index in [9.17, 15) is 13.2 Å². The van der Waals surface area contributed by atoms with Crippen LogP contribution in [-0.4, -0.2) is 43.2 Å². The maximum atomic E-state index is 12.4. The van der Waals surface area contributed by atoms with Crippen LogP contribution in [-0.2, 0) is 14.8 Å². The predicted octanol–water partition coefficient (Wildman–Crippen LogP) is 0.201. The minimum absolute atomic E-state index is 0.00343. The second-order valence-electron chi connectivity index (χ2n) is 4.99. The highest BCUT2D eigenvalue weighted by atomic mass is 32.2. The Morgan fingerprint density at radius 3 is 2.62 bits per heavy atom. The van der Waals surface area contributed by atoms with E-state index in [2.05, 4.69) is 10.3 Å². The lowest BCUT2D eigenvalue weighted by Crippen LogP contribution is -2.42. The van der Waals surface area contributed by atoms with Gasteiger partial charge in [0.2, 0.25) is 15.9 Å². The molecule has 1 fully saturated rings. The third-order valence-corrected chi connectivity index (χ3v) is 5.45. The van der Waals surface area contributed by atoms with Crippen molar-refractivity contribution in [2.45, 2.75) is 24.7 Å². The molecular weight excluding hydrogens is 292 g/mol. The Kier molecular flexibility index (Phi) is 4.79. The number of hydrogen-bond acceptors (Lipinski definition) is 5. The second kappa shape index (κ2) is 6.40. The Balaban J connectivity index is 2.04. The van der Waals surface area contributed by atoms with Crippen molar-refractivity contribution < 1.29 is 13.2 Å². The Bertz CT molecular complexity index is 592. The van der Waals surface area contributed by atoms with Crippen molar-refractivity contribution in [3.05, 3.63) is 18.3 Å². The number of nitrogens with one attached hydrogen (secondary N) is 1. The van der Waals surface area contributed by atoms with Crippen molar-refractivity contribution >= 4 is 21.7 Å². The lowest BCUT2D eigenvalue weighted by atomic mass is 9.97. The van der Waals surface area contributed by atoms with Gasteiger partial charge in [0.25, 0.3) is 0 Å². The first-order chi connectivity index (χ1) is 9.95. The number of hydrogen-bond donors (Lipinski definition) is 2. The molecule has 1 amide bonds. The molecule has 21 heavy (non-hydrogen) atoms. The first kappa shape index (κ1) is 15.7. The Hall–Kier alpha value is -1.67. The van der Waals surface area contributed by atoms with Crippen molar-refractivity contribution in [3.63, 3.8) is 0 Å². The molecule has 0 unspecified atom stereocenters. The Morgan fingerprint density at radius 2 is 2.10 bits per heavy atom. The summed E-state index contributed by atoms with van der Waals surface area (Å²) >= 11 is 0. The quantitative estimate of drug-likeness (QED) is 0.826. The predicted molar refractivity (Wildman–Crippen MR) is 78.8 cm³/mol. The summed E-state index contributed by atoms with van der Waals surface area (Å²) < 4.78 is 26.3. The summed E-state index contributed by atoms with van der Waals surface area (Å²) in [4.78, 5) is 15.7. The zero-order chi connectivity index (χ0) is 15.5. The summed E-state index contributed by atoms with van der Waals surface area (Å²) in [6.45, 7) is 3.14. The number of pyridine rings is 1. The van der Waals surface area contributed by atoms with Crippen LogP contribution in [0, 0.1) is 5.92 Å². The highest BCUT2D eigenvalue weighted by Gasteiger charge is 2.31. The maximum absolute atomic E-state index is 12.4. The summed E-state index contributed by atoms with van der Waals surface area (Å²) in [5.41, 5.74) is 5.46. The number of nitrogens with zero attached hydrogens (tertiary/aromatic N) is 2. The van der Waals surface area contributed by atoms with Crippen molar-refractivity contribution in [2.75, 3.05) is 25.4 Å². The van der Waals surface area contributed by atoms with E-state index in [-0.39, 0.29) is 22.5 Å². The zero-order valence-corrected chi connectivity index (χ0v) is 12.8. The third kappa shape index (κ3) is 3.51. The standard InChI is InChI=1S/C13H20N4O3S/c1-2-15-13(18)10-5-7-17(8-6-10)21(19,20)11-3-4-12(14)16-9-11/h3-4,9-10H,2,5-8H2,1H3,(H2,14,16)(H,15,18). The highest BCUT2D eigenvalue weighted by Crippen LogP contribution is 2.23. The number of rotatable bonds is 4. The molecule has 116 valence electrons. The lowest BCUT2D eigenvalue weighted by Gasteiger charge is -2.30. The molecule has 0 spiro atoms. The highest BCUT2D eigenvalue weighted by molar-refractivity contribution is 7.89. The van der Waals surface area contributed by atoms with Crippen LogP contribution in [0.15, 0.2) is 23.2 Å². The maximum Gasteiger partial charge on any atom is 0.244 e. The number of nitrogen functional groups attached to an aromatic ring is 1. The van der Waals surface area contributed by atoms with Crippen LogP contribution in [0.3, 0.4) is 0 Å². The zero-order valence-electron chi connectivity index (χ0n) is 11.9. The average molecular weight is 312 g/mol. The molecular formula is C13H20N4O3S. The summed E-state index contributed by atoms with van der Waals surface area (Å²) in [6, 6.07) is 2.92. The number of nitrogens with two attached hydrogens (primary N) is 1. The average Bonchev–Trinajstić information content (AvgIpc) is 2.48. The number of piperidine rings is 1. The van der Waals surface area contributed by atoms with E-state index in [4.69, 9.17) is 5.73 Å². The molecule has 1 aliphatic rings. The van der Waals surface area contributed by atoms with Gasteiger partial charge in [-0.15, -0.1) is 0 Å². The molecule has 0 aliphatic carbocycles. The largest absolute Gasteiger partial charge is 0.384 e. The van der Waals surface area contributed by atoms with Crippen LogP contribution < -0.4 is 11.1 Å². The van der Waals surface area contributed by atoms with Gasteiger partial charge in [-0.3, -0.25) is 4.79 Å². The molecule has 1 saturated heterocycles. The van der Waals surface area contributed by atoms with Gasteiger partial charge in [0, 0.05) is 31.7 Å². The van der Waals surface area contributed by atoms with Crippen LogP contribution in [0.4, 0.5) is 5.82 Å². The first-order valence-electron chi connectivity index (χ1n) is 6.94. The fourth-order valence-corrected chi connectivity index (χ4v) is 3.79. The monoisotopic (exact) mass is 312 g/mol. The van der Waals surface area contributed by atoms with Crippen molar-refractivity contribution in [2.24, 2.45) is 5.92 Å². The molecule has 0 aromatic carbocycles. The molecule has 1 aromatic heterocycles. The number of aromatic nitrogens is 1. The second-order valence-corrected chi connectivity index (χ2v) is 6.93. The molecule has 8 heteroatoms. The van der Waals surface area contributed by atoms with E-state index in [0.29, 0.717) is 32.5 Å². The molecule has 2 rings (SSSR count). The molecule has 7 nitrogen and oxygen atoms in total. The fourth-order valence-electron chi connectivity index (χ4n) is 2.37. The molecule has 0 saturated carbocycles. The normalized spacial score (nSPS) is 17.6. The van der Waals surface area contributed by atoms with E-state index >= 15 is 0 Å².